The van der Waals surface area contributed by atoms with Crippen molar-refractivity contribution in [2.75, 3.05) is 17.1 Å². The fourth-order valence-electron chi connectivity index (χ4n) is 5.82. The van der Waals surface area contributed by atoms with Gasteiger partial charge in [-0.25, -0.2) is 8.42 Å². The second-order valence-corrected chi connectivity index (χ2v) is 14.2. The molecule has 10 heteroatoms. The molecule has 47 heavy (non-hydrogen) atoms. The molecule has 0 saturated heterocycles. The second kappa shape index (κ2) is 16.0. The van der Waals surface area contributed by atoms with Crippen LogP contribution in [0.1, 0.15) is 42.4 Å². The van der Waals surface area contributed by atoms with E-state index in [1.165, 1.54) is 4.90 Å². The number of nitrogens with zero attached hydrogens (tertiary/aromatic N) is 2. The number of hydrogen-bond donors (Lipinski definition) is 1. The molecule has 0 bridgehead atoms. The van der Waals surface area contributed by atoms with Crippen LogP contribution in [0.3, 0.4) is 0 Å². The van der Waals surface area contributed by atoms with Crippen LogP contribution < -0.4 is 14.4 Å². The number of sulfonamides is 1. The largest absolute Gasteiger partial charge is 0.489 e. The van der Waals surface area contributed by atoms with Crippen molar-refractivity contribution in [1.82, 2.24) is 10.2 Å². The summed E-state index contributed by atoms with van der Waals surface area (Å²) in [7, 11) is -3.89. The molecule has 0 radical (unpaired) electrons. The van der Waals surface area contributed by atoms with Crippen LogP contribution in [0, 0.1) is 0 Å². The number of rotatable bonds is 14. The Morgan fingerprint density at radius 1 is 0.851 bits per heavy atom. The van der Waals surface area contributed by atoms with Crippen LogP contribution in [0.5, 0.6) is 5.75 Å². The average molecular weight is 674 g/mol. The predicted octanol–water partition coefficient (Wildman–Crippen LogP) is 6.38. The number of anilines is 1. The summed E-state index contributed by atoms with van der Waals surface area (Å²) in [5.41, 5.74) is 2.92. The van der Waals surface area contributed by atoms with Gasteiger partial charge in [0.2, 0.25) is 21.8 Å². The summed E-state index contributed by atoms with van der Waals surface area (Å²) in [6, 6.07) is 32.1. The summed E-state index contributed by atoms with van der Waals surface area (Å²) >= 11 is 6.31. The molecule has 0 spiro atoms. The summed E-state index contributed by atoms with van der Waals surface area (Å²) in [5.74, 6) is -0.212. The van der Waals surface area contributed by atoms with Gasteiger partial charge in [-0.15, -0.1) is 0 Å². The van der Waals surface area contributed by atoms with Crippen molar-refractivity contribution < 1.29 is 22.7 Å². The zero-order valence-electron chi connectivity index (χ0n) is 26.4. The lowest BCUT2D eigenvalue weighted by atomic mass is 10.0. The monoisotopic (exact) mass is 673 g/mol. The molecule has 4 aromatic carbocycles. The molecule has 1 aliphatic carbocycles. The Balaban J connectivity index is 1.43. The molecule has 1 N–H and O–H groups in total. The summed E-state index contributed by atoms with van der Waals surface area (Å²) in [4.78, 5) is 29.8. The van der Waals surface area contributed by atoms with Gasteiger partial charge < -0.3 is 15.0 Å². The van der Waals surface area contributed by atoms with E-state index < -0.39 is 28.5 Å². The fourth-order valence-corrected chi connectivity index (χ4v) is 6.88. The summed E-state index contributed by atoms with van der Waals surface area (Å²) in [6.07, 6.45) is 5.18. The second-order valence-electron chi connectivity index (χ2n) is 11.9. The average Bonchev–Trinajstić information content (AvgIpc) is 3.58. The van der Waals surface area contributed by atoms with Crippen LogP contribution in [-0.2, 0) is 39.2 Å². The number of amides is 2. The van der Waals surface area contributed by atoms with Crippen molar-refractivity contribution in [1.29, 1.82) is 0 Å². The van der Waals surface area contributed by atoms with Gasteiger partial charge in [-0.05, 0) is 65.9 Å². The lowest BCUT2D eigenvalue weighted by Gasteiger charge is -2.34. The number of carbonyl (C=O) groups excluding carboxylic acids is 2. The fraction of sp³-hybridized carbons (Fsp3) is 0.297. The van der Waals surface area contributed by atoms with E-state index in [1.54, 1.807) is 42.5 Å². The molecule has 8 nitrogen and oxygen atoms in total. The minimum atomic E-state index is -3.89. The van der Waals surface area contributed by atoms with Crippen LogP contribution in [-0.4, -0.2) is 50.0 Å². The first kappa shape index (κ1) is 34.0. The predicted molar refractivity (Wildman–Crippen MR) is 186 cm³/mol. The molecule has 5 rings (SSSR count). The molecule has 1 fully saturated rings. The van der Waals surface area contributed by atoms with Crippen LogP contribution >= 0.6 is 11.6 Å². The molecule has 1 aliphatic rings. The highest BCUT2D eigenvalue weighted by Crippen LogP contribution is 2.25. The van der Waals surface area contributed by atoms with Crippen molar-refractivity contribution in [3.63, 3.8) is 0 Å². The van der Waals surface area contributed by atoms with Gasteiger partial charge in [-0.1, -0.05) is 97.2 Å². The summed E-state index contributed by atoms with van der Waals surface area (Å²) in [6.45, 7) is -0.0664. The number of halogens is 1. The first-order valence-electron chi connectivity index (χ1n) is 15.8. The maximum atomic E-state index is 14.3. The highest BCUT2D eigenvalue weighted by atomic mass is 35.5. The van der Waals surface area contributed by atoms with Gasteiger partial charge in [0.15, 0.2) is 0 Å². The van der Waals surface area contributed by atoms with Crippen LogP contribution in [0.4, 0.5) is 5.69 Å². The third kappa shape index (κ3) is 9.83. The van der Waals surface area contributed by atoms with Crippen molar-refractivity contribution in [2.45, 2.75) is 57.3 Å². The maximum Gasteiger partial charge on any atom is 0.244 e. The number of hydrogen-bond acceptors (Lipinski definition) is 5. The van der Waals surface area contributed by atoms with Gasteiger partial charge in [0.1, 0.15) is 24.9 Å². The van der Waals surface area contributed by atoms with E-state index >= 15 is 0 Å². The van der Waals surface area contributed by atoms with Crippen LogP contribution in [0.25, 0.3) is 0 Å². The van der Waals surface area contributed by atoms with Gasteiger partial charge in [0, 0.05) is 24.0 Å². The molecule has 0 unspecified atom stereocenters. The Bertz CT molecular complexity index is 1730. The highest BCUT2D eigenvalue weighted by molar-refractivity contribution is 7.92. The van der Waals surface area contributed by atoms with E-state index in [0.717, 1.165) is 52.9 Å². The highest BCUT2D eigenvalue weighted by Gasteiger charge is 2.34. The molecular formula is C37H40ClN3O5S. The minimum absolute atomic E-state index is 0.0408. The van der Waals surface area contributed by atoms with E-state index in [0.29, 0.717) is 23.1 Å². The number of ether oxygens (including phenoxy) is 1. The Kier molecular flexibility index (Phi) is 11.6. The van der Waals surface area contributed by atoms with E-state index in [1.807, 2.05) is 66.7 Å². The van der Waals surface area contributed by atoms with Crippen molar-refractivity contribution >= 4 is 39.1 Å². The molecule has 1 saturated carbocycles. The molecule has 0 heterocycles. The van der Waals surface area contributed by atoms with Gasteiger partial charge in [0.25, 0.3) is 0 Å². The first-order chi connectivity index (χ1) is 22.7. The minimum Gasteiger partial charge on any atom is -0.489 e. The molecule has 2 amide bonds. The van der Waals surface area contributed by atoms with E-state index in [4.69, 9.17) is 16.3 Å². The number of nitrogens with one attached hydrogen (secondary N) is 1. The Morgan fingerprint density at radius 3 is 2.09 bits per heavy atom. The zero-order chi connectivity index (χ0) is 33.2. The van der Waals surface area contributed by atoms with Crippen molar-refractivity contribution in [2.24, 2.45) is 0 Å². The quantitative estimate of drug-likeness (QED) is 0.168. The summed E-state index contributed by atoms with van der Waals surface area (Å²) in [5, 5.41) is 3.67. The van der Waals surface area contributed by atoms with Gasteiger partial charge in [-0.2, -0.15) is 0 Å². The van der Waals surface area contributed by atoms with E-state index in [9.17, 15) is 18.0 Å². The Hall–Kier alpha value is -4.34. The van der Waals surface area contributed by atoms with Crippen LogP contribution in [0.2, 0.25) is 5.02 Å². The van der Waals surface area contributed by atoms with Crippen molar-refractivity contribution in [3.8, 4) is 5.75 Å². The number of carbonyl (C=O) groups is 2. The van der Waals surface area contributed by atoms with Crippen LogP contribution in [0.15, 0.2) is 109 Å². The molecule has 0 aliphatic heterocycles. The molecular weight excluding hydrogens is 634 g/mol. The maximum absolute atomic E-state index is 14.3. The summed E-state index contributed by atoms with van der Waals surface area (Å²) < 4.78 is 33.2. The topological polar surface area (TPSA) is 96.0 Å². The van der Waals surface area contributed by atoms with Gasteiger partial charge in [-0.3, -0.25) is 13.9 Å². The molecule has 0 aromatic heterocycles. The van der Waals surface area contributed by atoms with E-state index in [2.05, 4.69) is 5.32 Å². The normalized spacial score (nSPS) is 13.9. The number of benzene rings is 4. The smallest absolute Gasteiger partial charge is 0.244 e. The zero-order valence-corrected chi connectivity index (χ0v) is 28.0. The van der Waals surface area contributed by atoms with Crippen molar-refractivity contribution in [3.05, 3.63) is 131 Å². The lowest BCUT2D eigenvalue weighted by Crippen LogP contribution is -2.54. The lowest BCUT2D eigenvalue weighted by molar-refractivity contribution is -0.140. The third-order valence-electron chi connectivity index (χ3n) is 8.27. The SMILES string of the molecule is CS(=O)(=O)N(CC(=O)N(Cc1cccc(Cl)c1)[C@@H](Cc1ccccc1)C(=O)NC1CCCC1)c1ccc(OCc2ccccc2)cc1. The Morgan fingerprint density at radius 2 is 1.47 bits per heavy atom. The third-order valence-corrected chi connectivity index (χ3v) is 9.64. The Labute approximate surface area is 282 Å². The van der Waals surface area contributed by atoms with Gasteiger partial charge in [0.05, 0.1) is 11.9 Å². The first-order valence-corrected chi connectivity index (χ1v) is 18.0. The van der Waals surface area contributed by atoms with Gasteiger partial charge >= 0.3 is 0 Å². The molecule has 1 atom stereocenters. The molecule has 246 valence electrons. The standard InChI is InChI=1S/C37H40ClN3O5S/c1-47(44,45)41(33-19-21-34(22-20-33)46-27-29-13-6-3-7-14-29)26-36(42)40(25-30-15-10-16-31(38)23-30)35(24-28-11-4-2-5-12-28)37(43)39-32-17-8-9-18-32/h2-7,10-16,19-23,32,35H,8-9,17-18,24-27H2,1H3,(H,39,43)/t35-/m0/s1. The molecule has 4 aromatic rings. The van der Waals surface area contributed by atoms with E-state index in [-0.39, 0.29) is 24.9 Å².